The number of nitrogens with zero attached hydrogens (tertiary/aromatic N) is 2. The first-order valence-corrected chi connectivity index (χ1v) is 7.87. The van der Waals surface area contributed by atoms with Crippen LogP contribution in [0.25, 0.3) is 22.0 Å². The lowest BCUT2D eigenvalue weighted by atomic mass is 10.0. The van der Waals surface area contributed by atoms with Crippen LogP contribution >= 0.6 is 0 Å². The fraction of sp³-hybridized carbons (Fsp3) is 0.222. The van der Waals surface area contributed by atoms with Crippen molar-refractivity contribution in [1.29, 1.82) is 0 Å². The van der Waals surface area contributed by atoms with Crippen LogP contribution < -0.4 is 10.9 Å². The largest absolute Gasteiger partial charge is 0.506 e. The maximum Gasteiger partial charge on any atom is 0.267 e. The quantitative estimate of drug-likeness (QED) is 0.685. The van der Waals surface area contributed by atoms with Crippen LogP contribution in [0.1, 0.15) is 21.8 Å². The highest BCUT2D eigenvalue weighted by Crippen LogP contribution is 2.32. The van der Waals surface area contributed by atoms with E-state index in [-0.39, 0.29) is 6.54 Å². The average molecular weight is 355 g/mol. The molecule has 2 N–H and O–H groups in total. The molecule has 1 aromatic carbocycles. The number of nitrogens with one attached hydrogen (secondary N) is 1. The van der Waals surface area contributed by atoms with Gasteiger partial charge in [-0.2, -0.15) is 0 Å². The number of aromatic hydroxyl groups is 1. The molecule has 2 aromatic heterocycles. The first-order chi connectivity index (χ1) is 12.4. The van der Waals surface area contributed by atoms with Gasteiger partial charge in [0.1, 0.15) is 23.4 Å². The summed E-state index contributed by atoms with van der Waals surface area (Å²) in [5.74, 6) is -0.579. The van der Waals surface area contributed by atoms with Gasteiger partial charge in [-0.15, -0.1) is 0 Å². The molecule has 0 atom stereocenters. The zero-order valence-electron chi connectivity index (χ0n) is 14.5. The van der Waals surface area contributed by atoms with Crippen LogP contribution in [-0.2, 0) is 11.8 Å². The molecule has 0 aliphatic rings. The predicted octanol–water partition coefficient (Wildman–Crippen LogP) is 1.44. The molecule has 0 saturated carbocycles. The first-order valence-electron chi connectivity index (χ1n) is 7.87. The minimum atomic E-state index is -0.799. The molecule has 0 spiro atoms. The average Bonchev–Trinajstić information content (AvgIpc) is 2.96. The number of carbonyl (C=O) groups excluding carboxylic acids is 2. The summed E-state index contributed by atoms with van der Waals surface area (Å²) in [4.78, 5) is 35.1. The minimum absolute atomic E-state index is 0.246. The van der Waals surface area contributed by atoms with Gasteiger partial charge in [-0.1, -0.05) is 11.2 Å². The van der Waals surface area contributed by atoms with Crippen LogP contribution in [0.2, 0.25) is 0 Å². The molecule has 8 nitrogen and oxygen atoms in total. The van der Waals surface area contributed by atoms with E-state index < -0.39 is 22.8 Å². The summed E-state index contributed by atoms with van der Waals surface area (Å²) in [6, 6.07) is 5.12. The van der Waals surface area contributed by atoms with Crippen LogP contribution in [0.15, 0.2) is 27.5 Å². The van der Waals surface area contributed by atoms with Crippen molar-refractivity contribution in [1.82, 2.24) is 15.0 Å². The molecule has 3 rings (SSSR count). The Kier molecular flexibility index (Phi) is 4.33. The molecule has 0 radical (unpaired) electrons. The number of aryl methyl sites for hydroxylation is 3. The molecule has 8 heteroatoms. The Balaban J connectivity index is 2.24. The van der Waals surface area contributed by atoms with E-state index in [9.17, 15) is 19.5 Å². The van der Waals surface area contributed by atoms with Crippen LogP contribution in [0.4, 0.5) is 0 Å². The van der Waals surface area contributed by atoms with E-state index in [2.05, 4.69) is 10.5 Å². The number of rotatable bonds is 4. The summed E-state index contributed by atoms with van der Waals surface area (Å²) < 4.78 is 6.46. The highest BCUT2D eigenvalue weighted by Gasteiger charge is 2.22. The van der Waals surface area contributed by atoms with Crippen molar-refractivity contribution in [2.45, 2.75) is 13.8 Å². The van der Waals surface area contributed by atoms with Gasteiger partial charge in [0.25, 0.3) is 11.5 Å². The Bertz CT molecular complexity index is 1070. The summed E-state index contributed by atoms with van der Waals surface area (Å²) in [6.45, 7) is 3.36. The molecule has 134 valence electrons. The third-order valence-electron chi connectivity index (χ3n) is 4.26. The molecule has 0 saturated heterocycles. The molecule has 2 heterocycles. The molecule has 26 heavy (non-hydrogen) atoms. The van der Waals surface area contributed by atoms with Crippen molar-refractivity contribution in [3.63, 3.8) is 0 Å². The SMILES string of the molecule is Cc1noc(C)c1-c1ccc2c(O)c(C(=O)NCC=O)c(=O)n(C)c2c1. The number of aromatic nitrogens is 2. The van der Waals surface area contributed by atoms with E-state index in [0.717, 1.165) is 11.1 Å². The van der Waals surface area contributed by atoms with Gasteiger partial charge in [-0.25, -0.2) is 0 Å². The van der Waals surface area contributed by atoms with E-state index in [0.29, 0.717) is 28.6 Å². The van der Waals surface area contributed by atoms with Crippen molar-refractivity contribution < 1.29 is 19.2 Å². The summed E-state index contributed by atoms with van der Waals surface area (Å²) in [5.41, 5.74) is 1.70. The van der Waals surface area contributed by atoms with Crippen molar-refractivity contribution in [2.24, 2.45) is 7.05 Å². The van der Waals surface area contributed by atoms with Gasteiger partial charge in [0.2, 0.25) is 0 Å². The van der Waals surface area contributed by atoms with Gasteiger partial charge in [0.05, 0.1) is 17.8 Å². The maximum atomic E-state index is 12.6. The van der Waals surface area contributed by atoms with Crippen LogP contribution in [0.5, 0.6) is 5.75 Å². The predicted molar refractivity (Wildman–Crippen MR) is 94.2 cm³/mol. The molecule has 0 aliphatic heterocycles. The second-order valence-electron chi connectivity index (χ2n) is 5.90. The lowest BCUT2D eigenvalue weighted by Gasteiger charge is -2.12. The van der Waals surface area contributed by atoms with Gasteiger partial charge >= 0.3 is 0 Å². The van der Waals surface area contributed by atoms with Crippen molar-refractivity contribution >= 4 is 23.1 Å². The van der Waals surface area contributed by atoms with Gasteiger partial charge in [-0.05, 0) is 31.5 Å². The van der Waals surface area contributed by atoms with E-state index in [1.54, 1.807) is 25.1 Å². The summed E-state index contributed by atoms with van der Waals surface area (Å²) in [7, 11) is 1.51. The highest BCUT2D eigenvalue weighted by molar-refractivity contribution is 6.03. The van der Waals surface area contributed by atoms with Crippen LogP contribution in [0, 0.1) is 13.8 Å². The Morgan fingerprint density at radius 1 is 1.38 bits per heavy atom. The lowest BCUT2D eigenvalue weighted by Crippen LogP contribution is -2.33. The molecule has 0 bridgehead atoms. The highest BCUT2D eigenvalue weighted by atomic mass is 16.5. The lowest BCUT2D eigenvalue weighted by molar-refractivity contribution is -0.107. The van der Waals surface area contributed by atoms with Gasteiger partial charge in [0, 0.05) is 18.0 Å². The molecular formula is C18H17N3O5. The number of fused-ring (bicyclic) bond motifs is 1. The number of pyridine rings is 1. The minimum Gasteiger partial charge on any atom is -0.506 e. The number of benzene rings is 1. The summed E-state index contributed by atoms with van der Waals surface area (Å²) in [6.07, 6.45) is 0.496. The number of carbonyl (C=O) groups is 2. The van der Waals surface area contributed by atoms with E-state index in [1.807, 2.05) is 6.92 Å². The molecule has 0 unspecified atom stereocenters. The zero-order valence-corrected chi connectivity index (χ0v) is 14.5. The Hall–Kier alpha value is -3.42. The van der Waals surface area contributed by atoms with Crippen molar-refractivity contribution in [3.05, 3.63) is 45.6 Å². The molecule has 0 aliphatic carbocycles. The number of aldehydes is 1. The molecule has 0 fully saturated rings. The summed E-state index contributed by atoms with van der Waals surface area (Å²) in [5, 5.41) is 17.0. The number of hydrogen-bond donors (Lipinski definition) is 2. The van der Waals surface area contributed by atoms with Crippen molar-refractivity contribution in [2.75, 3.05) is 6.54 Å². The molecular weight excluding hydrogens is 338 g/mol. The fourth-order valence-corrected chi connectivity index (χ4v) is 3.00. The molecule has 3 aromatic rings. The van der Waals surface area contributed by atoms with E-state index >= 15 is 0 Å². The number of hydrogen-bond acceptors (Lipinski definition) is 6. The van der Waals surface area contributed by atoms with Gasteiger partial charge in [0.15, 0.2) is 0 Å². The fourth-order valence-electron chi connectivity index (χ4n) is 3.00. The Morgan fingerprint density at radius 3 is 2.73 bits per heavy atom. The van der Waals surface area contributed by atoms with Crippen molar-refractivity contribution in [3.8, 4) is 16.9 Å². The van der Waals surface area contributed by atoms with Gasteiger partial charge < -0.3 is 24.3 Å². The molecule has 1 amide bonds. The first kappa shape index (κ1) is 17.4. The monoisotopic (exact) mass is 355 g/mol. The Labute approximate surface area is 148 Å². The van der Waals surface area contributed by atoms with E-state index in [4.69, 9.17) is 4.52 Å². The third kappa shape index (κ3) is 2.65. The Morgan fingerprint density at radius 2 is 2.12 bits per heavy atom. The third-order valence-corrected chi connectivity index (χ3v) is 4.26. The normalized spacial score (nSPS) is 10.9. The zero-order chi connectivity index (χ0) is 19.0. The van der Waals surface area contributed by atoms with E-state index in [1.165, 1.54) is 11.6 Å². The second-order valence-corrected chi connectivity index (χ2v) is 5.90. The van der Waals surface area contributed by atoms with Crippen LogP contribution in [0.3, 0.4) is 0 Å². The number of amides is 1. The topological polar surface area (TPSA) is 114 Å². The van der Waals surface area contributed by atoms with Crippen LogP contribution in [-0.4, -0.2) is 33.6 Å². The standard InChI is InChI=1S/C18H17N3O5/c1-9-14(10(2)26-20-9)11-4-5-12-13(8-11)21(3)18(25)15(16(12)23)17(24)19-6-7-22/h4-5,7-8,23H,6H2,1-3H3,(H,19,24). The maximum absolute atomic E-state index is 12.6. The summed E-state index contributed by atoms with van der Waals surface area (Å²) >= 11 is 0. The smallest absolute Gasteiger partial charge is 0.267 e. The van der Waals surface area contributed by atoms with Gasteiger partial charge in [-0.3, -0.25) is 9.59 Å². The second kappa shape index (κ2) is 6.47.